The van der Waals surface area contributed by atoms with Crippen LogP contribution in [-0.4, -0.2) is 52.5 Å². The summed E-state index contributed by atoms with van der Waals surface area (Å²) in [7, 11) is -0.774. The first-order valence-electron chi connectivity index (χ1n) is 7.44. The second kappa shape index (κ2) is 7.29. The summed E-state index contributed by atoms with van der Waals surface area (Å²) in [6.07, 6.45) is 0.672. The molecule has 1 aliphatic heterocycles. The minimum Gasteiger partial charge on any atom is -0.492 e. The second-order valence-corrected chi connectivity index (χ2v) is 7.55. The number of carbonyl (C=O) groups is 1. The Morgan fingerprint density at radius 1 is 1.43 bits per heavy atom. The van der Waals surface area contributed by atoms with Crippen LogP contribution in [0.15, 0.2) is 23.1 Å². The highest BCUT2D eigenvalue weighted by Gasteiger charge is 2.26. The number of anilines is 1. The molecule has 1 fully saturated rings. The Hall–Kier alpha value is -1.64. The van der Waals surface area contributed by atoms with Crippen molar-refractivity contribution in [3.63, 3.8) is 0 Å². The normalized spacial score (nSPS) is 18.2. The molecule has 0 aromatic heterocycles. The molecule has 0 radical (unpaired) electrons. The van der Waals surface area contributed by atoms with Crippen molar-refractivity contribution in [1.29, 1.82) is 0 Å². The Kier molecular flexibility index (Phi) is 5.61. The molecule has 1 unspecified atom stereocenters. The predicted molar refractivity (Wildman–Crippen MR) is 86.0 cm³/mol. The summed E-state index contributed by atoms with van der Waals surface area (Å²) in [4.78, 5) is 12.2. The van der Waals surface area contributed by atoms with Gasteiger partial charge in [0, 0.05) is 26.4 Å². The highest BCUT2D eigenvalue weighted by Crippen LogP contribution is 2.29. The van der Waals surface area contributed by atoms with Gasteiger partial charge in [0.25, 0.3) is 0 Å². The maximum atomic E-state index is 12.4. The topological polar surface area (TPSA) is 84.9 Å². The lowest BCUT2D eigenvalue weighted by Crippen LogP contribution is -2.25. The van der Waals surface area contributed by atoms with E-state index in [2.05, 4.69) is 5.32 Å². The number of amides is 1. The minimum absolute atomic E-state index is 0.0322. The number of benzene rings is 1. The highest BCUT2D eigenvalue weighted by molar-refractivity contribution is 7.89. The quantitative estimate of drug-likeness (QED) is 0.842. The SMILES string of the molecule is CCOc1ccc(NC(=O)C2CCOC2)cc1S(=O)(=O)N(C)C. The van der Waals surface area contributed by atoms with E-state index in [1.165, 1.54) is 20.2 Å². The van der Waals surface area contributed by atoms with Crippen LogP contribution in [0.2, 0.25) is 0 Å². The van der Waals surface area contributed by atoms with Gasteiger partial charge in [-0.05, 0) is 31.5 Å². The van der Waals surface area contributed by atoms with Gasteiger partial charge in [-0.2, -0.15) is 0 Å². The maximum absolute atomic E-state index is 12.4. The van der Waals surface area contributed by atoms with Crippen molar-refractivity contribution in [2.24, 2.45) is 5.92 Å². The smallest absolute Gasteiger partial charge is 0.246 e. The number of hydrogen-bond acceptors (Lipinski definition) is 5. The molecule has 1 amide bonds. The van der Waals surface area contributed by atoms with Gasteiger partial charge >= 0.3 is 0 Å². The van der Waals surface area contributed by atoms with Crippen molar-refractivity contribution in [2.45, 2.75) is 18.2 Å². The van der Waals surface area contributed by atoms with Gasteiger partial charge in [-0.3, -0.25) is 4.79 Å². The molecule has 1 saturated heterocycles. The standard InChI is InChI=1S/C15H22N2O5S/c1-4-22-13-6-5-12(9-14(13)23(19,20)17(2)3)16-15(18)11-7-8-21-10-11/h5-6,9,11H,4,7-8,10H2,1-3H3,(H,16,18). The lowest BCUT2D eigenvalue weighted by Gasteiger charge is -2.17. The van der Waals surface area contributed by atoms with Gasteiger partial charge in [0.05, 0.1) is 19.1 Å². The molecule has 1 aliphatic rings. The van der Waals surface area contributed by atoms with Crippen molar-refractivity contribution >= 4 is 21.6 Å². The van der Waals surface area contributed by atoms with Crippen molar-refractivity contribution in [2.75, 3.05) is 39.2 Å². The van der Waals surface area contributed by atoms with Crippen LogP contribution in [0, 0.1) is 5.92 Å². The number of rotatable bonds is 6. The van der Waals surface area contributed by atoms with Gasteiger partial charge in [-0.1, -0.05) is 0 Å². The number of hydrogen-bond donors (Lipinski definition) is 1. The first kappa shape index (κ1) is 17.7. The fourth-order valence-corrected chi connectivity index (χ4v) is 3.29. The summed E-state index contributed by atoms with van der Waals surface area (Å²) in [6.45, 7) is 3.09. The molecule has 1 heterocycles. The summed E-state index contributed by atoms with van der Waals surface area (Å²) in [5, 5.41) is 2.75. The fraction of sp³-hybridized carbons (Fsp3) is 0.533. The molecule has 23 heavy (non-hydrogen) atoms. The van der Waals surface area contributed by atoms with E-state index in [0.717, 1.165) is 4.31 Å². The first-order chi connectivity index (χ1) is 10.9. The van der Waals surface area contributed by atoms with Gasteiger partial charge in [-0.15, -0.1) is 0 Å². The second-order valence-electron chi connectivity index (χ2n) is 5.43. The van der Waals surface area contributed by atoms with Crippen LogP contribution in [0.25, 0.3) is 0 Å². The van der Waals surface area contributed by atoms with Crippen molar-refractivity contribution < 1.29 is 22.7 Å². The number of nitrogens with one attached hydrogen (secondary N) is 1. The zero-order valence-corrected chi connectivity index (χ0v) is 14.4. The first-order valence-corrected chi connectivity index (χ1v) is 8.88. The molecule has 1 N–H and O–H groups in total. The molecule has 7 nitrogen and oxygen atoms in total. The van der Waals surface area contributed by atoms with E-state index >= 15 is 0 Å². The number of ether oxygens (including phenoxy) is 2. The zero-order valence-electron chi connectivity index (χ0n) is 13.5. The summed E-state index contributed by atoms with van der Waals surface area (Å²) in [6, 6.07) is 4.61. The molecule has 1 aromatic carbocycles. The summed E-state index contributed by atoms with van der Waals surface area (Å²) >= 11 is 0. The lowest BCUT2D eigenvalue weighted by atomic mass is 10.1. The highest BCUT2D eigenvalue weighted by atomic mass is 32.2. The van der Waals surface area contributed by atoms with E-state index in [1.54, 1.807) is 19.1 Å². The molecule has 1 aromatic rings. The number of carbonyl (C=O) groups excluding carboxylic acids is 1. The number of sulfonamides is 1. The summed E-state index contributed by atoms with van der Waals surface area (Å²) < 4.78 is 36.6. The average Bonchev–Trinajstić information content (AvgIpc) is 3.03. The Morgan fingerprint density at radius 2 is 2.17 bits per heavy atom. The number of nitrogens with zero attached hydrogens (tertiary/aromatic N) is 1. The Bertz CT molecular complexity index is 666. The van der Waals surface area contributed by atoms with E-state index in [1.807, 2.05) is 0 Å². The summed E-state index contributed by atoms with van der Waals surface area (Å²) in [5.41, 5.74) is 0.422. The van der Waals surface area contributed by atoms with Crippen LogP contribution in [0.3, 0.4) is 0 Å². The van der Waals surface area contributed by atoms with E-state index in [9.17, 15) is 13.2 Å². The molecule has 0 bridgehead atoms. The third-order valence-corrected chi connectivity index (χ3v) is 5.41. The zero-order chi connectivity index (χ0) is 17.0. The fourth-order valence-electron chi connectivity index (χ4n) is 2.24. The van der Waals surface area contributed by atoms with Gasteiger partial charge in [0.15, 0.2) is 0 Å². The lowest BCUT2D eigenvalue weighted by molar-refractivity contribution is -0.119. The molecule has 8 heteroatoms. The largest absolute Gasteiger partial charge is 0.492 e. The van der Waals surface area contributed by atoms with Gasteiger partial charge in [0.1, 0.15) is 10.6 Å². The van der Waals surface area contributed by atoms with E-state index < -0.39 is 10.0 Å². The van der Waals surface area contributed by atoms with Crippen LogP contribution in [0.4, 0.5) is 5.69 Å². The molecular weight excluding hydrogens is 320 g/mol. The minimum atomic E-state index is -3.67. The Balaban J connectivity index is 2.30. The third kappa shape index (κ3) is 4.01. The molecule has 1 atom stereocenters. The van der Waals surface area contributed by atoms with Gasteiger partial charge < -0.3 is 14.8 Å². The van der Waals surface area contributed by atoms with Crippen LogP contribution in [0.1, 0.15) is 13.3 Å². The van der Waals surface area contributed by atoms with Crippen molar-refractivity contribution in [1.82, 2.24) is 4.31 Å². The molecule has 0 spiro atoms. The molecule has 128 valence electrons. The maximum Gasteiger partial charge on any atom is 0.246 e. The molecule has 0 saturated carbocycles. The monoisotopic (exact) mass is 342 g/mol. The van der Waals surface area contributed by atoms with Gasteiger partial charge in [0.2, 0.25) is 15.9 Å². The van der Waals surface area contributed by atoms with Crippen LogP contribution < -0.4 is 10.1 Å². The predicted octanol–water partition coefficient (Wildman–Crippen LogP) is 1.31. The van der Waals surface area contributed by atoms with Gasteiger partial charge in [-0.25, -0.2) is 12.7 Å². The third-order valence-electron chi connectivity index (χ3n) is 3.57. The van der Waals surface area contributed by atoms with Crippen molar-refractivity contribution in [3.8, 4) is 5.75 Å². The average molecular weight is 342 g/mol. The van der Waals surface area contributed by atoms with E-state index in [4.69, 9.17) is 9.47 Å². The van der Waals surface area contributed by atoms with Crippen molar-refractivity contribution in [3.05, 3.63) is 18.2 Å². The van der Waals surface area contributed by atoms with Crippen LogP contribution in [0.5, 0.6) is 5.75 Å². The van der Waals surface area contributed by atoms with Crippen LogP contribution >= 0.6 is 0 Å². The van der Waals surface area contributed by atoms with E-state index in [-0.39, 0.29) is 22.5 Å². The summed E-state index contributed by atoms with van der Waals surface area (Å²) in [5.74, 6) is -0.0984. The Labute approximate surface area is 136 Å². The Morgan fingerprint density at radius 3 is 2.74 bits per heavy atom. The molecular formula is C15H22N2O5S. The molecule has 2 rings (SSSR count). The molecule has 0 aliphatic carbocycles. The van der Waals surface area contributed by atoms with E-state index in [0.29, 0.717) is 31.9 Å². The van der Waals surface area contributed by atoms with Crippen LogP contribution in [-0.2, 0) is 19.6 Å².